The summed E-state index contributed by atoms with van der Waals surface area (Å²) in [5.41, 5.74) is 0. The van der Waals surface area contributed by atoms with Crippen LogP contribution in [0.3, 0.4) is 0 Å². The maximum absolute atomic E-state index is 13.8. The standard InChI is InChI=1S/C21H15F27O4/c1-9(51-6-3-11(24,25)14(30,31)17(36,37)20(43,44)45,52-7-4-12(26,27)15(32,33)18(38,39)21(46,47)48)8(49)50-5-2-10(22,23)13(28,29)16(34,35)19(40,41)42/h2-7H2,1H3. The van der Waals surface area contributed by atoms with Gasteiger partial charge in [-0.3, -0.25) is 0 Å². The Kier molecular flexibility index (Phi) is 13.6. The van der Waals surface area contributed by atoms with Gasteiger partial charge in [0.2, 0.25) is 0 Å². The Morgan fingerprint density at radius 3 is 0.788 bits per heavy atom. The van der Waals surface area contributed by atoms with E-state index in [1.807, 2.05) is 0 Å². The van der Waals surface area contributed by atoms with Gasteiger partial charge in [-0.1, -0.05) is 0 Å². The van der Waals surface area contributed by atoms with Crippen LogP contribution in [0.1, 0.15) is 26.2 Å². The fraction of sp³-hybridized carbons (Fsp3) is 0.952. The van der Waals surface area contributed by atoms with Crippen molar-refractivity contribution in [3.63, 3.8) is 0 Å². The van der Waals surface area contributed by atoms with Crippen molar-refractivity contribution in [2.75, 3.05) is 19.8 Å². The van der Waals surface area contributed by atoms with Crippen molar-refractivity contribution in [2.45, 2.75) is 104 Å². The van der Waals surface area contributed by atoms with Gasteiger partial charge in [0.15, 0.2) is 0 Å². The summed E-state index contributed by atoms with van der Waals surface area (Å²) < 4.78 is 362. The minimum Gasteiger partial charge on any atom is -0.461 e. The van der Waals surface area contributed by atoms with Crippen molar-refractivity contribution in [3.05, 3.63) is 0 Å². The van der Waals surface area contributed by atoms with Crippen LogP contribution in [0, 0.1) is 0 Å². The summed E-state index contributed by atoms with van der Waals surface area (Å²) in [5, 5.41) is 0. The second kappa shape index (κ2) is 14.3. The fourth-order valence-electron chi connectivity index (χ4n) is 3.00. The van der Waals surface area contributed by atoms with E-state index >= 15 is 0 Å². The molecule has 0 aromatic rings. The maximum Gasteiger partial charge on any atom is 0.460 e. The normalized spacial score (nSPS) is 16.0. The number of rotatable bonds is 18. The summed E-state index contributed by atoms with van der Waals surface area (Å²) in [5.74, 6) is -72.1. The van der Waals surface area contributed by atoms with E-state index in [0.717, 1.165) is 0 Å². The van der Waals surface area contributed by atoms with Crippen LogP contribution in [0.15, 0.2) is 0 Å². The summed E-state index contributed by atoms with van der Waals surface area (Å²) in [6.45, 7) is -8.21. The van der Waals surface area contributed by atoms with Gasteiger partial charge in [-0.15, -0.1) is 0 Å². The van der Waals surface area contributed by atoms with Crippen LogP contribution in [0.4, 0.5) is 119 Å². The van der Waals surface area contributed by atoms with Gasteiger partial charge in [0.05, 0.1) is 26.2 Å². The first kappa shape index (κ1) is 49.5. The molecule has 0 aliphatic heterocycles. The number of ether oxygens (including phenoxy) is 3. The van der Waals surface area contributed by atoms with Crippen LogP contribution in [0.2, 0.25) is 0 Å². The van der Waals surface area contributed by atoms with Crippen molar-refractivity contribution in [3.8, 4) is 0 Å². The monoisotopic (exact) mass is 844 g/mol. The molecule has 52 heavy (non-hydrogen) atoms. The molecule has 0 rings (SSSR count). The summed E-state index contributed by atoms with van der Waals surface area (Å²) in [7, 11) is 0. The molecule has 0 N–H and O–H groups in total. The van der Waals surface area contributed by atoms with Gasteiger partial charge in [-0.05, 0) is 0 Å². The van der Waals surface area contributed by atoms with Crippen molar-refractivity contribution in [1.82, 2.24) is 0 Å². The van der Waals surface area contributed by atoms with Gasteiger partial charge in [0.1, 0.15) is 0 Å². The van der Waals surface area contributed by atoms with E-state index in [1.165, 1.54) is 0 Å². The molecular formula is C21H15F27O4. The lowest BCUT2D eigenvalue weighted by molar-refractivity contribution is -0.399. The molecule has 0 radical (unpaired) electrons. The number of alkyl halides is 27. The van der Waals surface area contributed by atoms with Crippen molar-refractivity contribution in [1.29, 1.82) is 0 Å². The maximum atomic E-state index is 13.8. The topological polar surface area (TPSA) is 44.8 Å². The molecule has 0 atom stereocenters. The molecule has 0 heterocycles. The molecule has 0 amide bonds. The molecule has 4 nitrogen and oxygen atoms in total. The Bertz CT molecular complexity index is 1160. The zero-order valence-corrected chi connectivity index (χ0v) is 24.1. The van der Waals surface area contributed by atoms with Crippen molar-refractivity contribution >= 4 is 5.97 Å². The lowest BCUT2D eigenvalue weighted by Gasteiger charge is -2.35. The molecule has 0 saturated carbocycles. The zero-order chi connectivity index (χ0) is 42.4. The Labute approximate surface area is 268 Å². The molecule has 0 saturated heterocycles. The van der Waals surface area contributed by atoms with Crippen LogP contribution in [-0.2, 0) is 19.0 Å². The van der Waals surface area contributed by atoms with Crippen LogP contribution in [0.5, 0.6) is 0 Å². The van der Waals surface area contributed by atoms with Crippen LogP contribution < -0.4 is 0 Å². The highest BCUT2D eigenvalue weighted by Crippen LogP contribution is 2.56. The second-order valence-electron chi connectivity index (χ2n) is 10.1. The lowest BCUT2D eigenvalue weighted by atomic mass is 10.0. The SMILES string of the molecule is CC(OCCC(F)(F)C(F)(F)C(F)(F)C(F)(F)F)(OCCC(F)(F)C(F)(F)C(F)(F)C(F)(F)F)C(=O)OCCC(F)(F)C(F)(F)C(F)(F)C(F)(F)F. The van der Waals surface area contributed by atoms with Crippen LogP contribution in [-0.4, -0.2) is 103 Å². The van der Waals surface area contributed by atoms with E-state index in [0.29, 0.717) is 0 Å². The van der Waals surface area contributed by atoms with E-state index < -0.39 is 123 Å². The molecule has 31 heteroatoms. The largest absolute Gasteiger partial charge is 0.461 e. The summed E-state index contributed by atoms with van der Waals surface area (Å²) >= 11 is 0. The number of hydrogen-bond donors (Lipinski definition) is 0. The minimum absolute atomic E-state index is 0.346. The van der Waals surface area contributed by atoms with Gasteiger partial charge in [-0.2, -0.15) is 119 Å². The third kappa shape index (κ3) is 8.89. The minimum atomic E-state index is -7.59. The van der Waals surface area contributed by atoms with Gasteiger partial charge in [0.25, 0.3) is 5.79 Å². The van der Waals surface area contributed by atoms with E-state index in [1.54, 1.807) is 0 Å². The molecule has 0 aromatic carbocycles. The highest BCUT2D eigenvalue weighted by atomic mass is 19.4. The van der Waals surface area contributed by atoms with Gasteiger partial charge >= 0.3 is 77.8 Å². The van der Waals surface area contributed by atoms with Crippen LogP contribution >= 0.6 is 0 Å². The number of hydrogen-bond acceptors (Lipinski definition) is 4. The summed E-state index contributed by atoms with van der Waals surface area (Å²) in [4.78, 5) is 12.2. The third-order valence-electron chi connectivity index (χ3n) is 6.24. The van der Waals surface area contributed by atoms with E-state index in [9.17, 15) is 123 Å². The molecule has 0 spiro atoms. The molecule has 0 fully saturated rings. The lowest BCUT2D eigenvalue weighted by Crippen LogP contribution is -2.61. The molecule has 0 aromatic heterocycles. The molecule has 0 aliphatic carbocycles. The molecule has 0 unspecified atom stereocenters. The fourth-order valence-corrected chi connectivity index (χ4v) is 3.00. The highest BCUT2D eigenvalue weighted by molar-refractivity contribution is 5.77. The van der Waals surface area contributed by atoms with E-state index in [4.69, 9.17) is 0 Å². The van der Waals surface area contributed by atoms with Crippen molar-refractivity contribution < 1.29 is 138 Å². The number of carbonyl (C=O) groups excluding carboxylic acids is 1. The van der Waals surface area contributed by atoms with Crippen molar-refractivity contribution in [2.24, 2.45) is 0 Å². The number of halogens is 27. The number of esters is 1. The zero-order valence-electron chi connectivity index (χ0n) is 24.1. The summed E-state index contributed by atoms with van der Waals surface area (Å²) in [6.07, 6.45) is -31.8. The Hall–Kier alpha value is -2.50. The quantitative estimate of drug-likeness (QED) is 0.0784. The smallest absolute Gasteiger partial charge is 0.460 e. The van der Waals surface area contributed by atoms with E-state index in [-0.39, 0.29) is 6.92 Å². The predicted octanol–water partition coefficient (Wildman–Crippen LogP) is 9.85. The summed E-state index contributed by atoms with van der Waals surface area (Å²) in [6, 6.07) is 0. The molecule has 0 aliphatic rings. The average molecular weight is 844 g/mol. The Morgan fingerprint density at radius 1 is 0.365 bits per heavy atom. The molecule has 0 bridgehead atoms. The Balaban J connectivity index is 6.41. The Morgan fingerprint density at radius 2 is 0.577 bits per heavy atom. The first-order chi connectivity index (χ1) is 22.3. The first-order valence-corrected chi connectivity index (χ1v) is 12.3. The average Bonchev–Trinajstić information content (AvgIpc) is 2.90. The van der Waals surface area contributed by atoms with Gasteiger partial charge < -0.3 is 14.2 Å². The van der Waals surface area contributed by atoms with Gasteiger partial charge in [-0.25, -0.2) is 4.79 Å². The second-order valence-corrected chi connectivity index (χ2v) is 10.1. The predicted molar refractivity (Wildman–Crippen MR) is 108 cm³/mol. The molecular weight excluding hydrogens is 829 g/mol. The third-order valence-corrected chi connectivity index (χ3v) is 6.24. The van der Waals surface area contributed by atoms with E-state index in [2.05, 4.69) is 14.2 Å². The van der Waals surface area contributed by atoms with Gasteiger partial charge in [0, 0.05) is 19.8 Å². The number of carbonyl (C=O) groups is 1. The molecule has 312 valence electrons. The highest BCUT2D eigenvalue weighted by Gasteiger charge is 2.83. The van der Waals surface area contributed by atoms with Crippen LogP contribution in [0.25, 0.3) is 0 Å². The first-order valence-electron chi connectivity index (χ1n) is 12.3.